The molecule has 2 rings (SSSR count). The molecule has 1 heterocycles. The average Bonchev–Trinajstić information content (AvgIpc) is 2.54. The number of hydrogen-bond donors (Lipinski definition) is 1. The molecule has 0 bridgehead atoms. The summed E-state index contributed by atoms with van der Waals surface area (Å²) in [6.45, 7) is 5.90. The van der Waals surface area contributed by atoms with Crippen molar-refractivity contribution >= 4 is 11.6 Å². The first-order valence-electron chi connectivity index (χ1n) is 7.57. The molecule has 1 atom stereocenters. The van der Waals surface area contributed by atoms with Gasteiger partial charge in [0.15, 0.2) is 0 Å². The van der Waals surface area contributed by atoms with Crippen molar-refractivity contribution in [2.75, 3.05) is 6.61 Å². The molecule has 1 amide bonds. The van der Waals surface area contributed by atoms with Crippen LogP contribution in [0.4, 0.5) is 5.69 Å². The van der Waals surface area contributed by atoms with Gasteiger partial charge >= 0.3 is 5.69 Å². The fourth-order valence-corrected chi connectivity index (χ4v) is 2.28. The minimum Gasteiger partial charge on any atom is -0.478 e. The summed E-state index contributed by atoms with van der Waals surface area (Å²) in [4.78, 5) is 26.8. The fourth-order valence-electron chi connectivity index (χ4n) is 2.28. The Morgan fingerprint density at radius 2 is 2.17 bits per heavy atom. The first kappa shape index (κ1) is 17.4. The minimum absolute atomic E-state index is 0.0713. The van der Waals surface area contributed by atoms with Gasteiger partial charge in [0.05, 0.1) is 17.6 Å². The first-order chi connectivity index (χ1) is 11.4. The molecule has 0 saturated heterocycles. The fraction of sp³-hybridized carbons (Fsp3) is 0.294. The molecule has 1 aromatic carbocycles. The van der Waals surface area contributed by atoms with Crippen LogP contribution >= 0.6 is 0 Å². The summed E-state index contributed by atoms with van der Waals surface area (Å²) in [6.07, 6.45) is 1.04. The van der Waals surface area contributed by atoms with Crippen molar-refractivity contribution in [2.24, 2.45) is 0 Å². The maximum atomic E-state index is 12.5. The number of ether oxygens (including phenoxy) is 1. The Morgan fingerprint density at radius 3 is 2.79 bits per heavy atom. The Kier molecular flexibility index (Phi) is 5.47. The van der Waals surface area contributed by atoms with Crippen LogP contribution in [0.3, 0.4) is 0 Å². The van der Waals surface area contributed by atoms with Gasteiger partial charge in [-0.15, -0.1) is 0 Å². The molecule has 1 unspecified atom stereocenters. The van der Waals surface area contributed by atoms with Crippen molar-refractivity contribution in [1.29, 1.82) is 0 Å². The number of benzene rings is 1. The lowest BCUT2D eigenvalue weighted by Crippen LogP contribution is -2.27. The third-order valence-electron chi connectivity index (χ3n) is 3.48. The van der Waals surface area contributed by atoms with Gasteiger partial charge in [-0.1, -0.05) is 29.8 Å². The second-order valence-electron chi connectivity index (χ2n) is 5.34. The van der Waals surface area contributed by atoms with Gasteiger partial charge < -0.3 is 10.1 Å². The van der Waals surface area contributed by atoms with E-state index in [0.29, 0.717) is 6.61 Å². The van der Waals surface area contributed by atoms with Gasteiger partial charge in [-0.25, -0.2) is 4.98 Å². The van der Waals surface area contributed by atoms with Crippen LogP contribution in [0.5, 0.6) is 5.88 Å². The molecule has 0 aliphatic heterocycles. The summed E-state index contributed by atoms with van der Waals surface area (Å²) in [5.41, 5.74) is 1.57. The van der Waals surface area contributed by atoms with Gasteiger partial charge in [-0.3, -0.25) is 14.9 Å². The highest BCUT2D eigenvalue weighted by molar-refractivity contribution is 5.98. The molecule has 7 nitrogen and oxygen atoms in total. The molecular formula is C17H19N3O4. The highest BCUT2D eigenvalue weighted by Gasteiger charge is 2.23. The SMILES string of the molecule is CCOc1cc(C(=O)NC(C)c2cccc(C)c2)c([N+](=O)[O-])cn1. The Morgan fingerprint density at radius 1 is 1.42 bits per heavy atom. The van der Waals surface area contributed by atoms with Crippen LogP contribution in [0.15, 0.2) is 36.5 Å². The Labute approximate surface area is 139 Å². The predicted octanol–water partition coefficient (Wildman–Crippen LogP) is 3.19. The van der Waals surface area contributed by atoms with Crippen molar-refractivity contribution in [1.82, 2.24) is 10.3 Å². The van der Waals surface area contributed by atoms with E-state index in [4.69, 9.17) is 4.74 Å². The molecule has 0 radical (unpaired) electrons. The van der Waals surface area contributed by atoms with E-state index in [1.54, 1.807) is 6.92 Å². The van der Waals surface area contributed by atoms with E-state index in [-0.39, 0.29) is 23.2 Å². The summed E-state index contributed by atoms with van der Waals surface area (Å²) in [5.74, 6) is -0.365. The average molecular weight is 329 g/mol. The topological polar surface area (TPSA) is 94.4 Å². The summed E-state index contributed by atoms with van der Waals surface area (Å²) in [5, 5.41) is 13.9. The van der Waals surface area contributed by atoms with Crippen LogP contribution in [-0.4, -0.2) is 22.4 Å². The Hall–Kier alpha value is -2.96. The lowest BCUT2D eigenvalue weighted by atomic mass is 10.1. The van der Waals surface area contributed by atoms with Crippen molar-refractivity contribution in [3.8, 4) is 5.88 Å². The minimum atomic E-state index is -0.630. The lowest BCUT2D eigenvalue weighted by molar-refractivity contribution is -0.385. The van der Waals surface area contributed by atoms with E-state index in [0.717, 1.165) is 17.3 Å². The second kappa shape index (κ2) is 7.54. The third-order valence-corrected chi connectivity index (χ3v) is 3.48. The number of pyridine rings is 1. The molecule has 1 aromatic heterocycles. The van der Waals surface area contributed by atoms with E-state index >= 15 is 0 Å². The third kappa shape index (κ3) is 4.07. The van der Waals surface area contributed by atoms with Crippen molar-refractivity contribution in [3.63, 3.8) is 0 Å². The monoisotopic (exact) mass is 329 g/mol. The molecule has 0 aliphatic carbocycles. The normalized spacial score (nSPS) is 11.6. The van der Waals surface area contributed by atoms with Crippen LogP contribution in [-0.2, 0) is 0 Å². The van der Waals surface area contributed by atoms with Gasteiger partial charge in [0.25, 0.3) is 5.91 Å². The standard InChI is InChI=1S/C17H19N3O4/c1-4-24-16-9-14(15(10-18-16)20(22)23)17(21)19-12(3)13-7-5-6-11(2)8-13/h5-10,12H,4H2,1-3H3,(H,19,21). The molecule has 2 aromatic rings. The number of nitrogens with one attached hydrogen (secondary N) is 1. The van der Waals surface area contributed by atoms with E-state index in [2.05, 4.69) is 10.3 Å². The van der Waals surface area contributed by atoms with Gasteiger partial charge in [0.1, 0.15) is 11.8 Å². The number of carbonyl (C=O) groups excluding carboxylic acids is 1. The molecular weight excluding hydrogens is 310 g/mol. The summed E-state index contributed by atoms with van der Waals surface area (Å²) >= 11 is 0. The quantitative estimate of drug-likeness (QED) is 0.649. The van der Waals surface area contributed by atoms with E-state index < -0.39 is 10.8 Å². The second-order valence-corrected chi connectivity index (χ2v) is 5.34. The van der Waals surface area contributed by atoms with Crippen LogP contribution < -0.4 is 10.1 Å². The van der Waals surface area contributed by atoms with Crippen LogP contribution in [0.25, 0.3) is 0 Å². The Balaban J connectivity index is 2.27. The maximum absolute atomic E-state index is 12.5. The number of nitrogens with zero attached hydrogens (tertiary/aromatic N) is 2. The zero-order chi connectivity index (χ0) is 17.7. The number of hydrogen-bond acceptors (Lipinski definition) is 5. The van der Waals surface area contributed by atoms with Crippen LogP contribution in [0, 0.1) is 17.0 Å². The first-order valence-corrected chi connectivity index (χ1v) is 7.57. The summed E-state index contributed by atoms with van der Waals surface area (Å²) < 4.78 is 5.22. The molecule has 0 saturated carbocycles. The van der Waals surface area contributed by atoms with Crippen LogP contribution in [0.2, 0.25) is 0 Å². The maximum Gasteiger partial charge on any atom is 0.300 e. The lowest BCUT2D eigenvalue weighted by Gasteiger charge is -2.15. The van der Waals surface area contributed by atoms with Gasteiger partial charge in [-0.2, -0.15) is 0 Å². The van der Waals surface area contributed by atoms with Crippen LogP contribution in [0.1, 0.15) is 41.4 Å². The highest BCUT2D eigenvalue weighted by atomic mass is 16.6. The molecule has 126 valence electrons. The Bertz CT molecular complexity index is 761. The van der Waals surface area contributed by atoms with E-state index in [1.165, 1.54) is 6.07 Å². The summed E-state index contributed by atoms with van der Waals surface area (Å²) in [7, 11) is 0. The molecule has 0 fully saturated rings. The molecule has 1 N–H and O–H groups in total. The molecule has 24 heavy (non-hydrogen) atoms. The van der Waals surface area contributed by atoms with E-state index in [9.17, 15) is 14.9 Å². The molecule has 0 aliphatic rings. The van der Waals surface area contributed by atoms with Gasteiger partial charge in [0.2, 0.25) is 5.88 Å². The van der Waals surface area contributed by atoms with Gasteiger partial charge in [0, 0.05) is 6.07 Å². The number of aryl methyl sites for hydroxylation is 1. The predicted molar refractivity (Wildman–Crippen MR) is 89.1 cm³/mol. The number of carbonyl (C=O) groups is 1. The number of rotatable bonds is 6. The van der Waals surface area contributed by atoms with Crippen molar-refractivity contribution in [2.45, 2.75) is 26.8 Å². The van der Waals surface area contributed by atoms with Crippen molar-refractivity contribution < 1.29 is 14.5 Å². The summed E-state index contributed by atoms with van der Waals surface area (Å²) in [6, 6.07) is 8.71. The highest BCUT2D eigenvalue weighted by Crippen LogP contribution is 2.23. The smallest absolute Gasteiger partial charge is 0.300 e. The van der Waals surface area contributed by atoms with E-state index in [1.807, 2.05) is 38.1 Å². The van der Waals surface area contributed by atoms with Crippen molar-refractivity contribution in [3.05, 3.63) is 63.3 Å². The number of amides is 1. The number of aromatic nitrogens is 1. The molecule has 0 spiro atoms. The van der Waals surface area contributed by atoms with Gasteiger partial charge in [-0.05, 0) is 26.3 Å². The largest absolute Gasteiger partial charge is 0.478 e. The zero-order valence-corrected chi connectivity index (χ0v) is 13.8. The number of nitro groups is 1. The molecule has 7 heteroatoms. The zero-order valence-electron chi connectivity index (χ0n) is 13.8.